The van der Waals surface area contributed by atoms with Crippen molar-refractivity contribution in [3.05, 3.63) is 0 Å². The quantitative estimate of drug-likeness (QED) is 0.0222. The van der Waals surface area contributed by atoms with Crippen LogP contribution in [0.3, 0.4) is 0 Å². The summed E-state index contributed by atoms with van der Waals surface area (Å²) in [4.78, 5) is 73.0. The second-order valence-corrected chi connectivity index (χ2v) is 34.3. The van der Waals surface area contributed by atoms with Crippen molar-refractivity contribution in [2.45, 2.75) is 440 Å². The van der Waals surface area contributed by atoms with Gasteiger partial charge in [-0.15, -0.1) is 0 Å². The number of aliphatic hydroxyl groups excluding tert-OH is 1. The van der Waals surface area contributed by atoms with Gasteiger partial charge in [0, 0.05) is 25.7 Å². The summed E-state index contributed by atoms with van der Waals surface area (Å²) < 4.78 is 68.7. The maximum atomic E-state index is 13.1. The highest BCUT2D eigenvalue weighted by molar-refractivity contribution is 7.47. The Morgan fingerprint density at radius 3 is 0.614 bits per heavy atom. The minimum absolute atomic E-state index is 0.107. The molecule has 0 aromatic rings. The molecule has 0 radical (unpaired) electrons. The van der Waals surface area contributed by atoms with E-state index in [1.807, 2.05) is 0 Å². The number of hydrogen-bond donors (Lipinski definition) is 3. The molecule has 17 nitrogen and oxygen atoms in total. The number of unbranched alkanes of at least 4 members (excludes halogenated alkanes) is 45. The summed E-state index contributed by atoms with van der Waals surface area (Å²) in [6.45, 7) is 14.2. The second-order valence-electron chi connectivity index (χ2n) is 31.4. The minimum atomic E-state index is -4.96. The van der Waals surface area contributed by atoms with Crippen molar-refractivity contribution in [1.82, 2.24) is 0 Å². The normalized spacial score (nSPS) is 14.0. The standard InChI is InChI=1S/C82H160O17P2/c1-72(2)58-50-42-34-28-22-16-11-9-10-12-20-26-32-38-48-56-64-82(87)99-78(69-93-80(85)63-55-47-41-40-45-53-61-75(7)8)71-97-101(90,91)95-67-76(83)66-94-100(88,89)96-70-77(98-81(86)65-57-49-39-33-27-21-15-18-24-30-36-44-52-60-74(5)6)68-92-79(84)62-54-46-37-31-25-19-14-13-17-23-29-35-43-51-59-73(3)4/h72-78,83H,9-71H2,1-8H3,(H,88,89)(H,90,91)/t76?,77-,78-/m1/s1. The number of phosphoric acid groups is 2. The third kappa shape index (κ3) is 76.1. The van der Waals surface area contributed by atoms with Crippen molar-refractivity contribution in [1.29, 1.82) is 0 Å². The van der Waals surface area contributed by atoms with E-state index in [4.69, 9.17) is 37.0 Å². The molecular formula is C82H160O17P2. The van der Waals surface area contributed by atoms with Crippen LogP contribution >= 0.6 is 15.6 Å². The molecule has 0 bridgehead atoms. The maximum Gasteiger partial charge on any atom is 0.472 e. The molecule has 0 saturated carbocycles. The van der Waals surface area contributed by atoms with Gasteiger partial charge in [0.25, 0.3) is 0 Å². The number of aliphatic hydroxyl groups is 1. The first kappa shape index (κ1) is 99.1. The van der Waals surface area contributed by atoms with Crippen LogP contribution in [0.1, 0.15) is 421 Å². The van der Waals surface area contributed by atoms with Crippen LogP contribution in [-0.4, -0.2) is 96.7 Å². The fourth-order valence-corrected chi connectivity index (χ4v) is 14.2. The molecule has 0 spiro atoms. The van der Waals surface area contributed by atoms with Gasteiger partial charge >= 0.3 is 39.5 Å². The van der Waals surface area contributed by atoms with Gasteiger partial charge in [0.15, 0.2) is 12.2 Å². The van der Waals surface area contributed by atoms with Gasteiger partial charge < -0.3 is 33.8 Å². The Hall–Kier alpha value is -1.94. The lowest BCUT2D eigenvalue weighted by atomic mass is 10.0. The number of carbonyl (C=O) groups excluding carboxylic acids is 4. The number of hydrogen-bond acceptors (Lipinski definition) is 15. The fourth-order valence-electron chi connectivity index (χ4n) is 12.6. The smallest absolute Gasteiger partial charge is 0.462 e. The molecule has 0 aliphatic carbocycles. The second kappa shape index (κ2) is 71.0. The van der Waals surface area contributed by atoms with E-state index in [2.05, 4.69) is 55.4 Å². The van der Waals surface area contributed by atoms with Crippen molar-refractivity contribution < 1.29 is 80.2 Å². The highest BCUT2D eigenvalue weighted by Crippen LogP contribution is 2.45. The van der Waals surface area contributed by atoms with Crippen LogP contribution in [0.5, 0.6) is 0 Å². The van der Waals surface area contributed by atoms with E-state index >= 15 is 0 Å². The van der Waals surface area contributed by atoms with Crippen LogP contribution in [0.25, 0.3) is 0 Å². The molecule has 5 atom stereocenters. The van der Waals surface area contributed by atoms with Crippen LogP contribution in [0, 0.1) is 23.7 Å². The number of esters is 4. The number of rotatable bonds is 79. The summed E-state index contributed by atoms with van der Waals surface area (Å²) in [5.74, 6) is 0.960. The topological polar surface area (TPSA) is 237 Å². The monoisotopic (exact) mass is 1480 g/mol. The summed E-state index contributed by atoms with van der Waals surface area (Å²) in [7, 11) is -9.92. The summed E-state index contributed by atoms with van der Waals surface area (Å²) >= 11 is 0. The first-order chi connectivity index (χ1) is 48.6. The lowest BCUT2D eigenvalue weighted by molar-refractivity contribution is -0.161. The third-order valence-corrected chi connectivity index (χ3v) is 21.0. The van der Waals surface area contributed by atoms with Crippen LogP contribution in [0.15, 0.2) is 0 Å². The minimum Gasteiger partial charge on any atom is -0.462 e. The molecule has 0 fully saturated rings. The largest absolute Gasteiger partial charge is 0.472 e. The Bertz CT molecular complexity index is 1970. The Labute approximate surface area is 619 Å². The molecule has 0 aromatic carbocycles. The molecule has 0 heterocycles. The van der Waals surface area contributed by atoms with Gasteiger partial charge in [-0.25, -0.2) is 9.13 Å². The molecule has 3 unspecified atom stereocenters. The van der Waals surface area contributed by atoms with Gasteiger partial charge in [0.05, 0.1) is 26.4 Å². The van der Waals surface area contributed by atoms with E-state index in [9.17, 15) is 43.2 Å². The highest BCUT2D eigenvalue weighted by Gasteiger charge is 2.30. The lowest BCUT2D eigenvalue weighted by Crippen LogP contribution is -2.30. The van der Waals surface area contributed by atoms with Gasteiger partial charge in [0.2, 0.25) is 0 Å². The van der Waals surface area contributed by atoms with E-state index in [-0.39, 0.29) is 25.7 Å². The molecule has 0 aliphatic heterocycles. The van der Waals surface area contributed by atoms with Gasteiger partial charge in [-0.05, 0) is 49.4 Å². The zero-order valence-corrected chi connectivity index (χ0v) is 68.3. The molecular weight excluding hydrogens is 1320 g/mol. The SMILES string of the molecule is CC(C)CCCCCCCCCCCCCCCCCCC(=O)O[C@H](COC(=O)CCCCCCCCC(C)C)COP(=O)(O)OCC(O)COP(=O)(O)OC[C@@H](COC(=O)CCCCCCCCCCCCCCCCC(C)C)OC(=O)CCCCCCCCCCCCCCCC(C)C. The first-order valence-corrected chi connectivity index (χ1v) is 45.2. The predicted octanol–water partition coefficient (Wildman–Crippen LogP) is 24.4. The molecule has 0 rings (SSSR count). The van der Waals surface area contributed by atoms with Gasteiger partial charge in [-0.2, -0.15) is 0 Å². The molecule has 600 valence electrons. The van der Waals surface area contributed by atoms with Gasteiger partial charge in [0.1, 0.15) is 19.3 Å². The zero-order valence-electron chi connectivity index (χ0n) is 66.5. The van der Waals surface area contributed by atoms with Crippen LogP contribution < -0.4 is 0 Å². The van der Waals surface area contributed by atoms with Crippen LogP contribution in [0.4, 0.5) is 0 Å². The van der Waals surface area contributed by atoms with E-state index < -0.39 is 97.5 Å². The molecule has 3 N–H and O–H groups in total. The Kier molecular flexibility index (Phi) is 69.6. The molecule has 0 aromatic heterocycles. The Balaban J connectivity index is 5.21. The average Bonchev–Trinajstić information content (AvgIpc) is 0.941. The van der Waals surface area contributed by atoms with E-state index in [0.717, 1.165) is 114 Å². The summed E-state index contributed by atoms with van der Waals surface area (Å²) in [6, 6.07) is 0. The summed E-state index contributed by atoms with van der Waals surface area (Å²) in [5.41, 5.74) is 0. The van der Waals surface area contributed by atoms with Crippen molar-refractivity contribution in [2.75, 3.05) is 39.6 Å². The molecule has 0 amide bonds. The average molecular weight is 1480 g/mol. The van der Waals surface area contributed by atoms with Gasteiger partial charge in [-0.1, -0.05) is 370 Å². The first-order valence-electron chi connectivity index (χ1n) is 42.2. The van der Waals surface area contributed by atoms with Crippen molar-refractivity contribution in [3.63, 3.8) is 0 Å². The Morgan fingerprint density at radius 2 is 0.416 bits per heavy atom. The maximum absolute atomic E-state index is 13.1. The lowest BCUT2D eigenvalue weighted by Gasteiger charge is -2.21. The molecule has 0 saturated heterocycles. The summed E-state index contributed by atoms with van der Waals surface area (Å²) in [6.07, 6.45) is 58.4. The Morgan fingerprint density at radius 1 is 0.248 bits per heavy atom. The molecule has 0 aliphatic rings. The van der Waals surface area contributed by atoms with Gasteiger partial charge in [-0.3, -0.25) is 37.3 Å². The highest BCUT2D eigenvalue weighted by atomic mass is 31.2. The number of phosphoric ester groups is 2. The van der Waals surface area contributed by atoms with E-state index in [1.54, 1.807) is 0 Å². The zero-order chi connectivity index (χ0) is 74.6. The number of carbonyl (C=O) groups is 4. The van der Waals surface area contributed by atoms with Crippen LogP contribution in [-0.2, 0) is 65.4 Å². The van der Waals surface area contributed by atoms with Crippen molar-refractivity contribution >= 4 is 39.5 Å². The third-order valence-electron chi connectivity index (χ3n) is 19.1. The van der Waals surface area contributed by atoms with Crippen LogP contribution in [0.2, 0.25) is 0 Å². The molecule has 19 heteroatoms. The fraction of sp³-hybridized carbons (Fsp3) is 0.951. The van der Waals surface area contributed by atoms with E-state index in [0.29, 0.717) is 31.6 Å². The van der Waals surface area contributed by atoms with Crippen molar-refractivity contribution in [3.8, 4) is 0 Å². The molecule has 101 heavy (non-hydrogen) atoms. The van der Waals surface area contributed by atoms with E-state index in [1.165, 1.54) is 218 Å². The number of ether oxygens (including phenoxy) is 4. The van der Waals surface area contributed by atoms with Crippen molar-refractivity contribution in [2.24, 2.45) is 23.7 Å². The predicted molar refractivity (Wildman–Crippen MR) is 414 cm³/mol. The summed E-state index contributed by atoms with van der Waals surface area (Å²) in [5, 5.41) is 10.6.